The van der Waals surface area contributed by atoms with Gasteiger partial charge in [0.05, 0.1) is 5.69 Å². The molecular weight excluding hydrogens is 181 g/mol. The molecule has 2 aromatic heterocycles. The molecule has 0 aliphatic heterocycles. The third-order valence-electron chi connectivity index (χ3n) is 1.83. The minimum Gasteiger partial charge on any atom is -0.423 e. The first-order chi connectivity index (χ1) is 6.77. The average molecular weight is 189 g/mol. The van der Waals surface area contributed by atoms with Gasteiger partial charge >= 0.3 is 7.12 Å². The van der Waals surface area contributed by atoms with Crippen LogP contribution in [0.25, 0.3) is 5.69 Å². The van der Waals surface area contributed by atoms with Crippen LogP contribution >= 0.6 is 0 Å². The van der Waals surface area contributed by atoms with Crippen LogP contribution in [0.5, 0.6) is 0 Å². The van der Waals surface area contributed by atoms with Crippen molar-refractivity contribution in [1.29, 1.82) is 0 Å². The van der Waals surface area contributed by atoms with Gasteiger partial charge in [0, 0.05) is 30.3 Å². The number of nitrogens with zero attached hydrogens (tertiary/aromatic N) is 3. The van der Waals surface area contributed by atoms with Crippen molar-refractivity contribution in [3.8, 4) is 5.69 Å². The van der Waals surface area contributed by atoms with Crippen LogP contribution in [0.1, 0.15) is 0 Å². The van der Waals surface area contributed by atoms with E-state index in [2.05, 4.69) is 10.1 Å². The van der Waals surface area contributed by atoms with Crippen molar-refractivity contribution in [1.82, 2.24) is 14.8 Å². The van der Waals surface area contributed by atoms with Crippen molar-refractivity contribution >= 4 is 12.6 Å². The number of hydrogen-bond donors (Lipinski definition) is 2. The maximum absolute atomic E-state index is 8.87. The number of pyridine rings is 1. The second-order valence-corrected chi connectivity index (χ2v) is 2.80. The molecule has 2 rings (SSSR count). The van der Waals surface area contributed by atoms with E-state index in [1.54, 1.807) is 35.4 Å². The van der Waals surface area contributed by atoms with Crippen molar-refractivity contribution in [2.45, 2.75) is 0 Å². The van der Waals surface area contributed by atoms with Gasteiger partial charge in [0.15, 0.2) is 0 Å². The standard InChI is InChI=1S/C8H8BN3O2/c13-9(14)7-5-11-12(6-7)8-1-3-10-4-2-8/h1-6,13-14H. The predicted octanol–water partition coefficient (Wildman–Crippen LogP) is -1.05. The Labute approximate surface area is 80.8 Å². The Kier molecular flexibility index (Phi) is 2.30. The molecule has 2 aromatic rings. The zero-order valence-corrected chi connectivity index (χ0v) is 7.28. The molecule has 0 saturated carbocycles. The summed E-state index contributed by atoms with van der Waals surface area (Å²) < 4.78 is 1.55. The second kappa shape index (κ2) is 3.61. The number of aromatic nitrogens is 3. The number of hydrogen-bond acceptors (Lipinski definition) is 4. The van der Waals surface area contributed by atoms with E-state index in [4.69, 9.17) is 10.0 Å². The molecule has 0 amide bonds. The maximum atomic E-state index is 8.87. The van der Waals surface area contributed by atoms with Crippen molar-refractivity contribution in [3.63, 3.8) is 0 Å². The van der Waals surface area contributed by atoms with Crippen molar-refractivity contribution in [3.05, 3.63) is 36.9 Å². The van der Waals surface area contributed by atoms with Gasteiger partial charge < -0.3 is 10.0 Å². The summed E-state index contributed by atoms with van der Waals surface area (Å²) in [6.45, 7) is 0. The minimum absolute atomic E-state index is 0.363. The Morgan fingerprint density at radius 3 is 2.50 bits per heavy atom. The normalized spacial score (nSPS) is 10.1. The fraction of sp³-hybridized carbons (Fsp3) is 0. The maximum Gasteiger partial charge on any atom is 0.491 e. The first-order valence-corrected chi connectivity index (χ1v) is 4.08. The second-order valence-electron chi connectivity index (χ2n) is 2.80. The molecule has 0 radical (unpaired) electrons. The monoisotopic (exact) mass is 189 g/mol. The molecule has 0 fully saturated rings. The van der Waals surface area contributed by atoms with E-state index in [0.717, 1.165) is 5.69 Å². The molecule has 0 spiro atoms. The highest BCUT2D eigenvalue weighted by Crippen LogP contribution is 2.01. The predicted molar refractivity (Wildman–Crippen MR) is 51.2 cm³/mol. The van der Waals surface area contributed by atoms with Gasteiger partial charge in [-0.2, -0.15) is 5.10 Å². The molecule has 14 heavy (non-hydrogen) atoms. The van der Waals surface area contributed by atoms with Gasteiger partial charge in [-0.1, -0.05) is 0 Å². The van der Waals surface area contributed by atoms with Gasteiger partial charge in [0.2, 0.25) is 0 Å². The Hall–Kier alpha value is -1.66. The van der Waals surface area contributed by atoms with Gasteiger partial charge in [0.25, 0.3) is 0 Å². The van der Waals surface area contributed by atoms with Gasteiger partial charge in [-0.15, -0.1) is 0 Å². The minimum atomic E-state index is -1.48. The fourth-order valence-corrected chi connectivity index (χ4v) is 1.11. The van der Waals surface area contributed by atoms with E-state index in [9.17, 15) is 0 Å². The molecule has 0 aliphatic rings. The Balaban J connectivity index is 2.34. The highest BCUT2D eigenvalue weighted by molar-refractivity contribution is 6.58. The average Bonchev–Trinajstić information content (AvgIpc) is 2.68. The third kappa shape index (κ3) is 1.66. The van der Waals surface area contributed by atoms with Crippen LogP contribution < -0.4 is 5.46 Å². The quantitative estimate of drug-likeness (QED) is 0.591. The van der Waals surface area contributed by atoms with E-state index >= 15 is 0 Å². The van der Waals surface area contributed by atoms with Crippen molar-refractivity contribution in [2.75, 3.05) is 0 Å². The molecule has 6 heteroatoms. The first kappa shape index (κ1) is 8.92. The first-order valence-electron chi connectivity index (χ1n) is 4.08. The molecule has 0 atom stereocenters. The van der Waals surface area contributed by atoms with E-state index in [-0.39, 0.29) is 0 Å². The van der Waals surface area contributed by atoms with Crippen LogP contribution in [0.2, 0.25) is 0 Å². The molecule has 0 aliphatic carbocycles. The van der Waals surface area contributed by atoms with Crippen LogP contribution in [-0.4, -0.2) is 31.9 Å². The summed E-state index contributed by atoms with van der Waals surface area (Å²) in [4.78, 5) is 3.87. The van der Waals surface area contributed by atoms with Crippen LogP contribution in [0.4, 0.5) is 0 Å². The summed E-state index contributed by atoms with van der Waals surface area (Å²) >= 11 is 0. The molecule has 2 N–H and O–H groups in total. The highest BCUT2D eigenvalue weighted by Gasteiger charge is 2.13. The van der Waals surface area contributed by atoms with Crippen molar-refractivity contribution < 1.29 is 10.0 Å². The van der Waals surface area contributed by atoms with Gasteiger partial charge in [-0.3, -0.25) is 4.98 Å². The third-order valence-corrected chi connectivity index (χ3v) is 1.83. The Bertz CT molecular complexity index is 416. The van der Waals surface area contributed by atoms with E-state index in [1.165, 1.54) is 6.20 Å². The summed E-state index contributed by atoms with van der Waals surface area (Å²) in [6, 6.07) is 3.56. The van der Waals surface area contributed by atoms with Crippen LogP contribution in [0.3, 0.4) is 0 Å². The highest BCUT2D eigenvalue weighted by atomic mass is 16.4. The molecule has 0 saturated heterocycles. The Morgan fingerprint density at radius 2 is 1.93 bits per heavy atom. The SMILES string of the molecule is OB(O)c1cnn(-c2ccncc2)c1. The lowest BCUT2D eigenvalue weighted by Crippen LogP contribution is -2.28. The summed E-state index contributed by atoms with van der Waals surface area (Å²) in [5.41, 5.74) is 1.19. The summed E-state index contributed by atoms with van der Waals surface area (Å²) in [6.07, 6.45) is 6.25. The Morgan fingerprint density at radius 1 is 1.21 bits per heavy atom. The molecular formula is C8H8BN3O2. The van der Waals surface area contributed by atoms with Crippen LogP contribution in [0, 0.1) is 0 Å². The lowest BCUT2D eigenvalue weighted by Gasteiger charge is -1.98. The lowest BCUT2D eigenvalue weighted by molar-refractivity contribution is 0.426. The molecule has 5 nitrogen and oxygen atoms in total. The summed E-state index contributed by atoms with van der Waals surface area (Å²) in [5.74, 6) is 0. The van der Waals surface area contributed by atoms with E-state index < -0.39 is 7.12 Å². The topological polar surface area (TPSA) is 71.2 Å². The molecule has 0 unspecified atom stereocenters. The largest absolute Gasteiger partial charge is 0.491 e. The molecule has 70 valence electrons. The van der Waals surface area contributed by atoms with Gasteiger partial charge in [-0.25, -0.2) is 4.68 Å². The smallest absolute Gasteiger partial charge is 0.423 e. The van der Waals surface area contributed by atoms with Crippen molar-refractivity contribution in [2.24, 2.45) is 0 Å². The molecule has 2 heterocycles. The number of rotatable bonds is 2. The van der Waals surface area contributed by atoms with Crippen LogP contribution in [-0.2, 0) is 0 Å². The summed E-state index contributed by atoms with van der Waals surface area (Å²) in [7, 11) is -1.48. The van der Waals surface area contributed by atoms with Crippen LogP contribution in [0.15, 0.2) is 36.9 Å². The fourth-order valence-electron chi connectivity index (χ4n) is 1.11. The zero-order valence-electron chi connectivity index (χ0n) is 7.28. The molecule has 0 aromatic carbocycles. The van der Waals surface area contributed by atoms with E-state index in [0.29, 0.717) is 5.46 Å². The molecule has 0 bridgehead atoms. The van der Waals surface area contributed by atoms with E-state index in [1.807, 2.05) is 0 Å². The van der Waals surface area contributed by atoms with Gasteiger partial charge in [-0.05, 0) is 12.1 Å². The summed E-state index contributed by atoms with van der Waals surface area (Å²) in [5, 5.41) is 21.7. The lowest BCUT2D eigenvalue weighted by atomic mass is 9.83. The zero-order chi connectivity index (χ0) is 9.97. The van der Waals surface area contributed by atoms with Gasteiger partial charge in [0.1, 0.15) is 0 Å².